The van der Waals surface area contributed by atoms with Crippen molar-refractivity contribution in [3.63, 3.8) is 0 Å². The van der Waals surface area contributed by atoms with E-state index in [1.165, 1.54) is 44.6 Å². The first-order chi connectivity index (χ1) is 15.9. The molecule has 0 unspecified atom stereocenters. The zero-order valence-electron chi connectivity index (χ0n) is 18.0. The minimum atomic E-state index is -1.37. The van der Waals surface area contributed by atoms with E-state index in [2.05, 4.69) is 10.6 Å². The molecule has 0 aliphatic rings. The fraction of sp³-hybridized carbons (Fsp3) is 0.0800. The number of ether oxygens (including phenoxy) is 2. The summed E-state index contributed by atoms with van der Waals surface area (Å²) < 4.78 is 10.4. The molecule has 0 aliphatic heterocycles. The van der Waals surface area contributed by atoms with Gasteiger partial charge in [-0.1, -0.05) is 36.4 Å². The van der Waals surface area contributed by atoms with Crippen molar-refractivity contribution in [2.45, 2.75) is 0 Å². The van der Waals surface area contributed by atoms with E-state index >= 15 is 0 Å². The van der Waals surface area contributed by atoms with Crippen LogP contribution in [0.2, 0.25) is 0 Å². The van der Waals surface area contributed by atoms with Gasteiger partial charge in [-0.2, -0.15) is 0 Å². The molecule has 0 saturated heterocycles. The average molecular weight is 445 g/mol. The number of nitrogens with one attached hydrogen (secondary N) is 2. The number of para-hydroxylation sites is 1. The molecule has 3 aromatic carbocycles. The molecule has 0 saturated carbocycles. The minimum Gasteiger partial charge on any atom is -0.545 e. The summed E-state index contributed by atoms with van der Waals surface area (Å²) in [5.41, 5.74) is 0.951. The van der Waals surface area contributed by atoms with E-state index in [-0.39, 0.29) is 22.5 Å². The highest BCUT2D eigenvalue weighted by Crippen LogP contribution is 2.19. The summed E-state index contributed by atoms with van der Waals surface area (Å²) in [7, 11) is 2.98. The number of anilines is 1. The summed E-state index contributed by atoms with van der Waals surface area (Å²) in [5.74, 6) is -1.59. The number of aromatic carboxylic acids is 1. The third-order valence-corrected chi connectivity index (χ3v) is 4.63. The van der Waals surface area contributed by atoms with Crippen molar-refractivity contribution in [1.29, 1.82) is 0 Å². The number of hydrogen-bond acceptors (Lipinski definition) is 6. The van der Waals surface area contributed by atoms with Crippen LogP contribution in [0.15, 0.2) is 78.5 Å². The third-order valence-electron chi connectivity index (χ3n) is 4.63. The molecule has 33 heavy (non-hydrogen) atoms. The summed E-state index contributed by atoms with van der Waals surface area (Å²) in [4.78, 5) is 37.1. The number of carbonyl (C=O) groups excluding carboxylic acids is 3. The van der Waals surface area contributed by atoms with Gasteiger partial charge in [0.1, 0.15) is 17.2 Å². The van der Waals surface area contributed by atoms with Gasteiger partial charge in [0.15, 0.2) is 0 Å². The van der Waals surface area contributed by atoms with Crippen LogP contribution in [0.25, 0.3) is 6.08 Å². The largest absolute Gasteiger partial charge is 0.545 e. The van der Waals surface area contributed by atoms with E-state index < -0.39 is 17.8 Å². The molecule has 0 radical (unpaired) electrons. The van der Waals surface area contributed by atoms with Crippen molar-refractivity contribution in [3.8, 4) is 11.5 Å². The second-order valence-corrected chi connectivity index (χ2v) is 6.81. The number of amides is 2. The molecule has 0 fully saturated rings. The van der Waals surface area contributed by atoms with Gasteiger partial charge in [0.2, 0.25) is 0 Å². The van der Waals surface area contributed by atoms with Crippen molar-refractivity contribution in [2.75, 3.05) is 19.5 Å². The van der Waals surface area contributed by atoms with E-state index in [0.29, 0.717) is 17.1 Å². The van der Waals surface area contributed by atoms with E-state index in [1.807, 2.05) is 0 Å². The van der Waals surface area contributed by atoms with Gasteiger partial charge < -0.3 is 30.0 Å². The smallest absolute Gasteiger partial charge is 0.272 e. The summed E-state index contributed by atoms with van der Waals surface area (Å²) in [5, 5.41) is 16.3. The molecule has 8 heteroatoms. The summed E-state index contributed by atoms with van der Waals surface area (Å²) in [6.45, 7) is 0. The zero-order chi connectivity index (χ0) is 23.8. The van der Waals surface area contributed by atoms with Crippen molar-refractivity contribution < 1.29 is 29.0 Å². The van der Waals surface area contributed by atoms with E-state index in [9.17, 15) is 19.5 Å². The van der Waals surface area contributed by atoms with Gasteiger partial charge in [0.25, 0.3) is 11.8 Å². The van der Waals surface area contributed by atoms with Crippen molar-refractivity contribution >= 4 is 29.5 Å². The molecule has 0 aliphatic carbocycles. The van der Waals surface area contributed by atoms with Crippen molar-refractivity contribution in [1.82, 2.24) is 5.32 Å². The van der Waals surface area contributed by atoms with Gasteiger partial charge in [-0.3, -0.25) is 9.59 Å². The Morgan fingerprint density at radius 3 is 2.27 bits per heavy atom. The van der Waals surface area contributed by atoms with Crippen LogP contribution < -0.4 is 25.2 Å². The molecule has 3 aromatic rings. The summed E-state index contributed by atoms with van der Waals surface area (Å²) in [6.07, 6.45) is 1.49. The molecule has 168 valence electrons. The number of carboxylic acids is 1. The summed E-state index contributed by atoms with van der Waals surface area (Å²) in [6, 6.07) is 19.1. The molecule has 0 heterocycles. The van der Waals surface area contributed by atoms with Gasteiger partial charge in [-0.05, 0) is 53.6 Å². The van der Waals surface area contributed by atoms with Gasteiger partial charge >= 0.3 is 0 Å². The first-order valence-electron chi connectivity index (χ1n) is 9.84. The van der Waals surface area contributed by atoms with Gasteiger partial charge in [0, 0.05) is 5.69 Å². The SMILES string of the molecule is COc1ccc(/C=C(/NC(=O)c2ccccc2OC)C(=O)Nc2cccc(C(=O)[O-])c2)cc1. The van der Waals surface area contributed by atoms with Crippen LogP contribution in [-0.2, 0) is 4.79 Å². The molecule has 2 N–H and O–H groups in total. The number of hydrogen-bond donors (Lipinski definition) is 2. The van der Waals surface area contributed by atoms with Gasteiger partial charge in [-0.25, -0.2) is 0 Å². The average Bonchev–Trinajstić information content (AvgIpc) is 2.84. The highest BCUT2D eigenvalue weighted by atomic mass is 16.5. The maximum absolute atomic E-state index is 13.0. The monoisotopic (exact) mass is 445 g/mol. The Balaban J connectivity index is 1.92. The van der Waals surface area contributed by atoms with Gasteiger partial charge in [-0.15, -0.1) is 0 Å². The van der Waals surface area contributed by atoms with Gasteiger partial charge in [0.05, 0.1) is 25.8 Å². The predicted molar refractivity (Wildman–Crippen MR) is 121 cm³/mol. The lowest BCUT2D eigenvalue weighted by molar-refractivity contribution is -0.255. The number of rotatable bonds is 8. The highest BCUT2D eigenvalue weighted by Gasteiger charge is 2.18. The second-order valence-electron chi connectivity index (χ2n) is 6.81. The van der Waals surface area contributed by atoms with Crippen LogP contribution in [0.4, 0.5) is 5.69 Å². The molecule has 0 bridgehead atoms. The van der Waals surface area contributed by atoms with Crippen LogP contribution in [0.5, 0.6) is 11.5 Å². The molecular weight excluding hydrogens is 424 g/mol. The highest BCUT2D eigenvalue weighted by molar-refractivity contribution is 6.11. The fourth-order valence-corrected chi connectivity index (χ4v) is 2.97. The Labute approximate surface area is 190 Å². The van der Waals surface area contributed by atoms with Crippen LogP contribution >= 0.6 is 0 Å². The van der Waals surface area contributed by atoms with Crippen LogP contribution in [-0.4, -0.2) is 32.0 Å². The molecule has 0 spiro atoms. The lowest BCUT2D eigenvalue weighted by Crippen LogP contribution is -2.31. The number of benzene rings is 3. The number of carboxylic acid groups (broad SMARTS) is 1. The summed E-state index contributed by atoms with van der Waals surface area (Å²) >= 11 is 0. The zero-order valence-corrected chi connectivity index (χ0v) is 18.0. The maximum atomic E-state index is 13.0. The Hall–Kier alpha value is -4.59. The Bertz CT molecular complexity index is 1200. The van der Waals surface area contributed by atoms with Crippen LogP contribution in [0.1, 0.15) is 26.3 Å². The molecule has 0 aromatic heterocycles. The molecule has 2 amide bonds. The molecule has 8 nitrogen and oxygen atoms in total. The Morgan fingerprint density at radius 2 is 1.61 bits per heavy atom. The third kappa shape index (κ3) is 5.98. The van der Waals surface area contributed by atoms with Crippen LogP contribution in [0.3, 0.4) is 0 Å². The molecular formula is C25H21N2O6-. The maximum Gasteiger partial charge on any atom is 0.272 e. The first kappa shape index (κ1) is 23.1. The van der Waals surface area contributed by atoms with Crippen molar-refractivity contribution in [3.05, 3.63) is 95.2 Å². The lowest BCUT2D eigenvalue weighted by Gasteiger charge is -2.13. The van der Waals surface area contributed by atoms with E-state index in [1.54, 1.807) is 48.5 Å². The van der Waals surface area contributed by atoms with Crippen LogP contribution in [0, 0.1) is 0 Å². The number of carbonyl (C=O) groups is 3. The lowest BCUT2D eigenvalue weighted by atomic mass is 10.1. The fourth-order valence-electron chi connectivity index (χ4n) is 2.97. The quantitative estimate of drug-likeness (QED) is 0.515. The Kier molecular flexibility index (Phi) is 7.43. The van der Waals surface area contributed by atoms with E-state index in [4.69, 9.17) is 9.47 Å². The second kappa shape index (κ2) is 10.6. The predicted octanol–water partition coefficient (Wildman–Crippen LogP) is 2.48. The normalized spacial score (nSPS) is 10.8. The minimum absolute atomic E-state index is 0.0603. The van der Waals surface area contributed by atoms with Crippen molar-refractivity contribution in [2.24, 2.45) is 0 Å². The van der Waals surface area contributed by atoms with E-state index in [0.717, 1.165) is 0 Å². The Morgan fingerprint density at radius 1 is 0.879 bits per heavy atom. The molecule has 3 rings (SSSR count). The topological polar surface area (TPSA) is 117 Å². The standard InChI is InChI=1S/C25H22N2O6/c1-32-19-12-10-16(11-13-19)14-21(27-23(28)20-8-3-4-9-22(20)33-2)24(29)26-18-7-5-6-17(15-18)25(30)31/h3-15H,1-2H3,(H,26,29)(H,27,28)(H,30,31)/p-1/b21-14+. The number of methoxy groups -OCH3 is 2. The first-order valence-corrected chi connectivity index (χ1v) is 9.84. The molecule has 0 atom stereocenters.